The maximum Gasteiger partial charge on any atom is 0.417 e. The van der Waals surface area contributed by atoms with Crippen LogP contribution in [0.25, 0.3) is 0 Å². The van der Waals surface area contributed by atoms with Crippen molar-refractivity contribution in [2.75, 3.05) is 18.4 Å². The van der Waals surface area contributed by atoms with E-state index in [-0.39, 0.29) is 11.4 Å². The number of methoxy groups -OCH3 is 1. The Bertz CT molecular complexity index is 947. The summed E-state index contributed by atoms with van der Waals surface area (Å²) >= 11 is 5.49. The third kappa shape index (κ3) is 5.51. The van der Waals surface area contributed by atoms with Crippen LogP contribution in [0, 0.1) is 0 Å². The first-order valence-electron chi connectivity index (χ1n) is 7.22. The zero-order valence-corrected chi connectivity index (χ0v) is 15.3. The average Bonchev–Trinajstić information content (AvgIpc) is 2.58. The molecule has 0 aliphatic rings. The molecule has 0 bridgehead atoms. The number of nitrogens with one attached hydrogen (secondary N) is 1. The molecule has 0 aromatic heterocycles. The van der Waals surface area contributed by atoms with E-state index >= 15 is 0 Å². The molecule has 27 heavy (non-hydrogen) atoms. The maximum atomic E-state index is 12.9. The molecule has 0 amide bonds. The number of ether oxygens (including phenoxy) is 2. The Labute approximate surface area is 157 Å². The van der Waals surface area contributed by atoms with Crippen LogP contribution in [0.15, 0.2) is 47.4 Å². The zero-order chi connectivity index (χ0) is 20.2. The summed E-state index contributed by atoms with van der Waals surface area (Å²) in [4.78, 5) is 10.5. The fraction of sp³-hybridized carbons (Fsp3) is 0.188. The number of benzene rings is 2. The second-order valence-electron chi connectivity index (χ2n) is 5.14. The van der Waals surface area contributed by atoms with Gasteiger partial charge < -0.3 is 9.47 Å². The van der Waals surface area contributed by atoms with E-state index in [0.29, 0.717) is 6.07 Å². The fourth-order valence-corrected chi connectivity index (χ4v) is 3.25. The van der Waals surface area contributed by atoms with Gasteiger partial charge in [-0.2, -0.15) is 13.2 Å². The van der Waals surface area contributed by atoms with E-state index in [4.69, 9.17) is 16.3 Å². The quantitative estimate of drug-likeness (QED) is 0.716. The number of halogens is 4. The summed E-state index contributed by atoms with van der Waals surface area (Å²) in [5.41, 5.74) is -1.23. The van der Waals surface area contributed by atoms with Crippen LogP contribution < -0.4 is 9.46 Å². The van der Waals surface area contributed by atoms with E-state index < -0.39 is 44.3 Å². The number of hydrogen-bond acceptors (Lipinski definition) is 5. The van der Waals surface area contributed by atoms with E-state index in [1.165, 1.54) is 31.4 Å². The third-order valence-corrected chi connectivity index (χ3v) is 4.93. The number of rotatable bonds is 6. The highest BCUT2D eigenvalue weighted by Crippen LogP contribution is 2.36. The summed E-state index contributed by atoms with van der Waals surface area (Å²) in [7, 11) is -3.14. The molecule has 0 unspecified atom stereocenters. The summed E-state index contributed by atoms with van der Waals surface area (Å²) in [5.74, 6) is -0.477. The Balaban J connectivity index is 2.25. The SMILES string of the molecule is COC(=O)COc1cccc(NS(=O)(=O)c2ccc(Cl)c(C(F)(F)F)c2)c1. The minimum Gasteiger partial charge on any atom is -0.482 e. The van der Waals surface area contributed by atoms with Crippen molar-refractivity contribution in [1.82, 2.24) is 0 Å². The number of hydrogen-bond donors (Lipinski definition) is 1. The third-order valence-electron chi connectivity index (χ3n) is 3.22. The number of alkyl halides is 3. The molecule has 1 N–H and O–H groups in total. The Morgan fingerprint density at radius 3 is 2.52 bits per heavy atom. The van der Waals surface area contributed by atoms with Gasteiger partial charge in [0.05, 0.1) is 28.3 Å². The molecule has 2 aromatic rings. The van der Waals surface area contributed by atoms with Crippen LogP contribution >= 0.6 is 11.6 Å². The van der Waals surface area contributed by atoms with Crippen LogP contribution in [0.1, 0.15) is 5.56 Å². The van der Waals surface area contributed by atoms with Crippen molar-refractivity contribution in [3.8, 4) is 5.75 Å². The van der Waals surface area contributed by atoms with Crippen molar-refractivity contribution in [1.29, 1.82) is 0 Å². The molecular formula is C16H13ClF3NO5S. The number of carbonyl (C=O) groups is 1. The normalized spacial score (nSPS) is 11.7. The monoisotopic (exact) mass is 423 g/mol. The highest BCUT2D eigenvalue weighted by molar-refractivity contribution is 7.92. The molecule has 0 fully saturated rings. The standard InChI is InChI=1S/C16H13ClF3NO5S/c1-25-15(22)9-26-11-4-2-3-10(7-11)21-27(23,24)12-5-6-14(17)13(8-12)16(18,19)20/h2-8,21H,9H2,1H3. The summed E-state index contributed by atoms with van der Waals surface area (Å²) in [6, 6.07) is 7.79. The molecule has 2 aromatic carbocycles. The Morgan fingerprint density at radius 2 is 1.89 bits per heavy atom. The lowest BCUT2D eigenvalue weighted by Crippen LogP contribution is -2.15. The molecule has 0 atom stereocenters. The van der Waals surface area contributed by atoms with Crippen LogP contribution in [0.2, 0.25) is 5.02 Å². The average molecular weight is 424 g/mol. The maximum absolute atomic E-state index is 12.9. The topological polar surface area (TPSA) is 81.7 Å². The summed E-state index contributed by atoms with van der Waals surface area (Å²) < 4.78 is 75.2. The molecule has 0 saturated heterocycles. The molecule has 146 valence electrons. The van der Waals surface area contributed by atoms with Crippen LogP contribution in [-0.2, 0) is 25.7 Å². The van der Waals surface area contributed by atoms with Crippen molar-refractivity contribution in [3.63, 3.8) is 0 Å². The van der Waals surface area contributed by atoms with Gasteiger partial charge in [-0.15, -0.1) is 0 Å². The van der Waals surface area contributed by atoms with Gasteiger partial charge in [0.15, 0.2) is 6.61 Å². The summed E-state index contributed by atoms with van der Waals surface area (Å²) in [6.45, 7) is -0.390. The first-order valence-corrected chi connectivity index (χ1v) is 9.08. The fourth-order valence-electron chi connectivity index (χ4n) is 1.95. The van der Waals surface area contributed by atoms with Gasteiger partial charge in [-0.05, 0) is 30.3 Å². The van der Waals surface area contributed by atoms with Crippen molar-refractivity contribution < 1.29 is 35.9 Å². The van der Waals surface area contributed by atoms with E-state index in [1.54, 1.807) is 0 Å². The lowest BCUT2D eigenvalue weighted by molar-refractivity contribution is -0.143. The highest BCUT2D eigenvalue weighted by Gasteiger charge is 2.34. The Kier molecular flexibility index (Phi) is 6.22. The van der Waals surface area contributed by atoms with Crippen molar-refractivity contribution in [3.05, 3.63) is 53.1 Å². The van der Waals surface area contributed by atoms with Crippen LogP contribution in [0.4, 0.5) is 18.9 Å². The van der Waals surface area contributed by atoms with E-state index in [1.807, 2.05) is 0 Å². The summed E-state index contributed by atoms with van der Waals surface area (Å²) in [6.07, 6.45) is -4.80. The van der Waals surface area contributed by atoms with Crippen molar-refractivity contribution in [2.24, 2.45) is 0 Å². The van der Waals surface area contributed by atoms with Gasteiger partial charge in [-0.1, -0.05) is 17.7 Å². The molecule has 0 aliphatic carbocycles. The minimum absolute atomic E-state index is 0.0286. The lowest BCUT2D eigenvalue weighted by atomic mass is 10.2. The minimum atomic E-state index is -4.80. The molecule has 0 aliphatic heterocycles. The smallest absolute Gasteiger partial charge is 0.417 e. The Morgan fingerprint density at radius 1 is 1.19 bits per heavy atom. The van der Waals surface area contributed by atoms with Gasteiger partial charge in [0, 0.05) is 6.07 Å². The van der Waals surface area contributed by atoms with Gasteiger partial charge in [0.2, 0.25) is 0 Å². The highest BCUT2D eigenvalue weighted by atomic mass is 35.5. The summed E-state index contributed by atoms with van der Waals surface area (Å²) in [5, 5.41) is -0.611. The predicted molar refractivity (Wildman–Crippen MR) is 91.2 cm³/mol. The van der Waals surface area contributed by atoms with Crippen LogP contribution in [0.3, 0.4) is 0 Å². The second-order valence-corrected chi connectivity index (χ2v) is 7.23. The number of sulfonamides is 1. The first-order chi connectivity index (χ1) is 12.5. The zero-order valence-electron chi connectivity index (χ0n) is 13.7. The van der Waals surface area contributed by atoms with E-state index in [9.17, 15) is 26.4 Å². The van der Waals surface area contributed by atoms with Gasteiger partial charge in [0.1, 0.15) is 5.75 Å². The largest absolute Gasteiger partial charge is 0.482 e. The van der Waals surface area contributed by atoms with Gasteiger partial charge >= 0.3 is 12.1 Å². The lowest BCUT2D eigenvalue weighted by Gasteiger charge is -2.13. The predicted octanol–water partition coefficient (Wildman–Crippen LogP) is 3.71. The molecule has 11 heteroatoms. The van der Waals surface area contributed by atoms with Crippen LogP contribution in [0.5, 0.6) is 5.75 Å². The molecule has 6 nitrogen and oxygen atoms in total. The van der Waals surface area contributed by atoms with Crippen LogP contribution in [-0.4, -0.2) is 28.1 Å². The van der Waals surface area contributed by atoms with Gasteiger partial charge in [-0.25, -0.2) is 13.2 Å². The first kappa shape index (κ1) is 20.8. The molecule has 0 radical (unpaired) electrons. The number of esters is 1. The molecule has 0 heterocycles. The molecule has 0 spiro atoms. The molecule has 2 rings (SSSR count). The number of carbonyl (C=O) groups excluding carboxylic acids is 1. The second kappa shape index (κ2) is 8.05. The van der Waals surface area contributed by atoms with E-state index in [0.717, 1.165) is 12.1 Å². The molecule has 0 saturated carbocycles. The van der Waals surface area contributed by atoms with E-state index in [2.05, 4.69) is 9.46 Å². The van der Waals surface area contributed by atoms with Gasteiger partial charge in [-0.3, -0.25) is 4.72 Å². The molecular weight excluding hydrogens is 411 g/mol. The Hall–Kier alpha value is -2.46. The van der Waals surface area contributed by atoms with Crippen molar-refractivity contribution >= 4 is 33.3 Å². The van der Waals surface area contributed by atoms with Gasteiger partial charge in [0.25, 0.3) is 10.0 Å². The number of anilines is 1. The van der Waals surface area contributed by atoms with Crippen molar-refractivity contribution in [2.45, 2.75) is 11.1 Å².